The minimum Gasteiger partial charge on any atom is -0.497 e. The standard InChI is InChI=1S/C42H50N4O10S/c1-9-23-21-42(23,39(50)45-57(51,52)26-15-16-26)44-36(48)31-19-25(22-46(31)38(49)30(40(2,3)4)20-33(47)56-41(5,6)7)54-37-29-18-24(53-8)14-17-27(29)35-34(43-37)28-12-10-11-13-32(28)55-35/h9-14,17-18,23,25-26,30-31H,1,15-16,19-22H2,2-8H3,(H,44,48)(H,45,50)/t23-,25-,30-,31+,42-/m1/s1. The van der Waals surface area contributed by atoms with Crippen molar-refractivity contribution in [2.75, 3.05) is 13.7 Å². The molecule has 304 valence electrons. The van der Waals surface area contributed by atoms with Gasteiger partial charge in [-0.15, -0.1) is 6.58 Å². The van der Waals surface area contributed by atoms with Crippen molar-refractivity contribution in [1.29, 1.82) is 0 Å². The van der Waals surface area contributed by atoms with Gasteiger partial charge in [0.05, 0.1) is 36.6 Å². The first-order valence-corrected chi connectivity index (χ1v) is 20.8. The molecule has 1 saturated heterocycles. The van der Waals surface area contributed by atoms with Crippen LogP contribution in [0.15, 0.2) is 59.5 Å². The fourth-order valence-electron chi connectivity index (χ4n) is 7.67. The molecule has 0 spiro atoms. The molecule has 0 bridgehead atoms. The first kappa shape index (κ1) is 40.0. The van der Waals surface area contributed by atoms with Crippen molar-refractivity contribution < 1.29 is 46.2 Å². The highest BCUT2D eigenvalue weighted by Gasteiger charge is 2.62. The summed E-state index contributed by atoms with van der Waals surface area (Å²) in [5, 5.41) is 4.25. The number of amides is 3. The van der Waals surface area contributed by atoms with E-state index in [2.05, 4.69) is 16.6 Å². The second-order valence-corrected chi connectivity index (χ2v) is 19.4. The Morgan fingerprint density at radius 1 is 1.05 bits per heavy atom. The largest absolute Gasteiger partial charge is 0.497 e. The van der Waals surface area contributed by atoms with E-state index in [4.69, 9.17) is 23.6 Å². The van der Waals surface area contributed by atoms with E-state index in [1.807, 2.05) is 57.2 Å². The van der Waals surface area contributed by atoms with E-state index in [0.29, 0.717) is 40.7 Å². The maximum Gasteiger partial charge on any atom is 0.307 e. The molecule has 0 unspecified atom stereocenters. The molecule has 3 aliphatic rings. The zero-order valence-corrected chi connectivity index (χ0v) is 34.2. The predicted molar refractivity (Wildman–Crippen MR) is 213 cm³/mol. The predicted octanol–water partition coefficient (Wildman–Crippen LogP) is 5.55. The Morgan fingerprint density at radius 3 is 2.40 bits per heavy atom. The third kappa shape index (κ3) is 7.90. The highest BCUT2D eigenvalue weighted by atomic mass is 32.2. The Labute approximate surface area is 331 Å². The Morgan fingerprint density at radius 2 is 1.77 bits per heavy atom. The molecule has 2 aromatic heterocycles. The minimum absolute atomic E-state index is 0.00495. The topological polar surface area (TPSA) is 183 Å². The summed E-state index contributed by atoms with van der Waals surface area (Å²) in [5.41, 5.74) is -1.32. The van der Waals surface area contributed by atoms with Crippen molar-refractivity contribution in [2.45, 2.75) is 102 Å². The number of carbonyl (C=O) groups is 4. The second kappa shape index (κ2) is 14.3. The van der Waals surface area contributed by atoms with Crippen LogP contribution in [0.1, 0.15) is 73.6 Å². The summed E-state index contributed by atoms with van der Waals surface area (Å²) in [6.07, 6.45) is 1.52. The number of ether oxygens (including phenoxy) is 3. The number of sulfonamides is 1. The fourth-order valence-corrected chi connectivity index (χ4v) is 9.03. The summed E-state index contributed by atoms with van der Waals surface area (Å²) in [5.74, 6) is -3.20. The highest BCUT2D eigenvalue weighted by molar-refractivity contribution is 7.91. The number of hydrogen-bond acceptors (Lipinski definition) is 11. The minimum atomic E-state index is -3.92. The zero-order valence-electron chi connectivity index (χ0n) is 33.3. The van der Waals surface area contributed by atoms with E-state index in [0.717, 1.165) is 10.8 Å². The number of furan rings is 1. The van der Waals surface area contributed by atoms with Crippen molar-refractivity contribution in [3.05, 3.63) is 55.1 Å². The molecule has 2 aliphatic carbocycles. The van der Waals surface area contributed by atoms with Crippen molar-refractivity contribution in [1.82, 2.24) is 19.9 Å². The number of hydrogen-bond donors (Lipinski definition) is 2. The SMILES string of the molecule is C=C[C@@H]1C[C@]1(NC(=O)[C@@H]1C[C@@H](Oc2nc3c4ccccc4oc3c3ccc(OC)cc23)CN1C(=O)[C@@H](CC(=O)OC(C)(C)C)C(C)(C)C)C(=O)NS(=O)(=O)C1CC1. The second-order valence-electron chi connectivity index (χ2n) is 17.5. The van der Waals surface area contributed by atoms with E-state index in [-0.39, 0.29) is 31.7 Å². The lowest BCUT2D eigenvalue weighted by molar-refractivity contribution is -0.161. The maximum absolute atomic E-state index is 14.8. The molecule has 14 nitrogen and oxygen atoms in total. The number of carbonyl (C=O) groups excluding carboxylic acids is 4. The van der Waals surface area contributed by atoms with Gasteiger partial charge in [-0.25, -0.2) is 13.4 Å². The molecule has 57 heavy (non-hydrogen) atoms. The van der Waals surface area contributed by atoms with Crippen LogP contribution in [0.5, 0.6) is 11.6 Å². The molecule has 2 aromatic carbocycles. The van der Waals surface area contributed by atoms with Gasteiger partial charge in [0.15, 0.2) is 5.58 Å². The third-order valence-electron chi connectivity index (χ3n) is 11.0. The molecule has 0 radical (unpaired) electrons. The molecule has 3 amide bonds. The average Bonchev–Trinajstić information content (AvgIpc) is 4.04. The van der Waals surface area contributed by atoms with Crippen molar-refractivity contribution in [3.63, 3.8) is 0 Å². The average molecular weight is 803 g/mol. The summed E-state index contributed by atoms with van der Waals surface area (Å²) >= 11 is 0. The van der Waals surface area contributed by atoms with Crippen LogP contribution in [0.25, 0.3) is 32.8 Å². The van der Waals surface area contributed by atoms with Gasteiger partial charge in [-0.1, -0.05) is 39.0 Å². The van der Waals surface area contributed by atoms with Crippen LogP contribution in [-0.4, -0.2) is 84.2 Å². The molecule has 2 saturated carbocycles. The molecular formula is C42H50N4O10S. The van der Waals surface area contributed by atoms with Crippen LogP contribution < -0.4 is 19.5 Å². The number of likely N-dealkylation sites (tertiary alicyclic amines) is 1. The smallest absolute Gasteiger partial charge is 0.307 e. The van der Waals surface area contributed by atoms with E-state index in [9.17, 15) is 27.6 Å². The lowest BCUT2D eigenvalue weighted by atomic mass is 9.77. The number of nitrogens with one attached hydrogen (secondary N) is 2. The van der Waals surface area contributed by atoms with Crippen molar-refractivity contribution in [2.24, 2.45) is 17.3 Å². The van der Waals surface area contributed by atoms with Gasteiger partial charge in [0.2, 0.25) is 27.7 Å². The van der Waals surface area contributed by atoms with Crippen LogP contribution in [0, 0.1) is 17.3 Å². The number of fused-ring (bicyclic) bond motifs is 5. The van der Waals surface area contributed by atoms with Gasteiger partial charge in [-0.05, 0) is 75.8 Å². The summed E-state index contributed by atoms with van der Waals surface area (Å²) in [7, 11) is -2.37. The number of benzene rings is 2. The van der Waals surface area contributed by atoms with Gasteiger partial charge in [-0.2, -0.15) is 0 Å². The Hall–Kier alpha value is -5.18. The molecule has 2 N–H and O–H groups in total. The third-order valence-corrected chi connectivity index (χ3v) is 12.8. The Kier molecular flexibility index (Phi) is 10.1. The van der Waals surface area contributed by atoms with E-state index >= 15 is 0 Å². The van der Waals surface area contributed by atoms with Crippen molar-refractivity contribution in [3.8, 4) is 11.6 Å². The lowest BCUT2D eigenvalue weighted by Gasteiger charge is -2.35. The molecule has 1 aliphatic heterocycles. The summed E-state index contributed by atoms with van der Waals surface area (Å²) in [6.45, 7) is 14.5. The Bertz CT molecular complexity index is 2410. The van der Waals surface area contributed by atoms with Crippen molar-refractivity contribution >= 4 is 66.6 Å². The van der Waals surface area contributed by atoms with E-state index in [1.165, 1.54) is 11.0 Å². The number of pyridine rings is 1. The van der Waals surface area contributed by atoms with Gasteiger partial charge in [0.1, 0.15) is 40.1 Å². The van der Waals surface area contributed by atoms with Gasteiger partial charge in [0, 0.05) is 23.1 Å². The van der Waals surface area contributed by atoms with Crippen LogP contribution in [0.2, 0.25) is 0 Å². The molecule has 3 fully saturated rings. The quantitative estimate of drug-likeness (QED) is 0.135. The maximum atomic E-state index is 14.8. The number of esters is 1. The monoisotopic (exact) mass is 802 g/mol. The molecule has 7 rings (SSSR count). The lowest BCUT2D eigenvalue weighted by Crippen LogP contribution is -2.57. The molecule has 5 atom stereocenters. The van der Waals surface area contributed by atoms with Gasteiger partial charge >= 0.3 is 5.97 Å². The van der Waals surface area contributed by atoms with Gasteiger partial charge in [-0.3, -0.25) is 23.9 Å². The van der Waals surface area contributed by atoms with Crippen LogP contribution >= 0.6 is 0 Å². The van der Waals surface area contributed by atoms with Crippen LogP contribution in [0.3, 0.4) is 0 Å². The number of rotatable bonds is 12. The number of methoxy groups -OCH3 is 1. The van der Waals surface area contributed by atoms with E-state index < -0.39 is 79.5 Å². The number of nitrogens with zero attached hydrogens (tertiary/aromatic N) is 2. The molecule has 4 aromatic rings. The zero-order chi connectivity index (χ0) is 41.2. The highest BCUT2D eigenvalue weighted by Crippen LogP contribution is 2.46. The summed E-state index contributed by atoms with van der Waals surface area (Å²) in [4.78, 5) is 62.4. The number of para-hydroxylation sites is 1. The van der Waals surface area contributed by atoms with Gasteiger partial charge < -0.3 is 28.8 Å². The molecule has 3 heterocycles. The Balaban J connectivity index is 1.25. The summed E-state index contributed by atoms with van der Waals surface area (Å²) in [6, 6.07) is 11.8. The van der Waals surface area contributed by atoms with Crippen LogP contribution in [-0.2, 0) is 33.9 Å². The van der Waals surface area contributed by atoms with Gasteiger partial charge in [0.25, 0.3) is 5.91 Å². The van der Waals surface area contributed by atoms with E-state index in [1.54, 1.807) is 33.9 Å². The van der Waals surface area contributed by atoms with Crippen LogP contribution in [0.4, 0.5) is 0 Å². The fraction of sp³-hybridized carbons (Fsp3) is 0.500. The molecule has 15 heteroatoms. The summed E-state index contributed by atoms with van der Waals surface area (Å²) < 4.78 is 51.8. The molecular weight excluding hydrogens is 753 g/mol. The number of aromatic nitrogens is 1. The first-order chi connectivity index (χ1) is 26.7. The first-order valence-electron chi connectivity index (χ1n) is 19.2. The normalized spacial score (nSPS) is 22.9.